The second-order valence-electron chi connectivity index (χ2n) is 13.5. The molecule has 0 spiro atoms. The quantitative estimate of drug-likeness (QED) is 0.138. The largest absolute Gasteiger partial charge is 0.415 e. The number of nitrogens with zero attached hydrogens (tertiary/aromatic N) is 8. The van der Waals surface area contributed by atoms with E-state index in [-0.39, 0.29) is 24.9 Å². The van der Waals surface area contributed by atoms with Gasteiger partial charge >= 0.3 is 12.9 Å². The van der Waals surface area contributed by atoms with E-state index in [1.165, 1.54) is 32.1 Å². The van der Waals surface area contributed by atoms with Crippen molar-refractivity contribution in [3.05, 3.63) is 118 Å². The Hall–Kier alpha value is -5.80. The number of hydrogen-bond acceptors (Lipinski definition) is 13. The summed E-state index contributed by atoms with van der Waals surface area (Å²) in [5.74, 6) is -1.68. The second-order valence-corrected chi connectivity index (χ2v) is 17.3. The van der Waals surface area contributed by atoms with E-state index in [1.807, 2.05) is 30.3 Å². The minimum Gasteiger partial charge on any atom is -0.415 e. The number of fused-ring (bicyclic) bond motifs is 2. The summed E-state index contributed by atoms with van der Waals surface area (Å²) in [6.45, 7) is 1.53. The van der Waals surface area contributed by atoms with Gasteiger partial charge in [-0.3, -0.25) is 18.6 Å². The normalized spacial score (nSPS) is 13.7. The van der Waals surface area contributed by atoms with Crippen LogP contribution in [-0.2, 0) is 59.1 Å². The zero-order valence-corrected chi connectivity index (χ0v) is 32.5. The number of hydrogen-bond donors (Lipinski definition) is 1. The number of anilines is 2. The number of nitrogens with one attached hydrogen (secondary N) is 1. The Kier molecular flexibility index (Phi) is 11.6. The lowest BCUT2D eigenvalue weighted by Gasteiger charge is -2.23. The van der Waals surface area contributed by atoms with Gasteiger partial charge in [0.05, 0.1) is 59.5 Å². The molecule has 15 nitrogen and oxygen atoms in total. The molecule has 0 amide bonds. The molecule has 0 unspecified atom stereocenters. The maximum absolute atomic E-state index is 12.6. The van der Waals surface area contributed by atoms with Crippen LogP contribution in [0.4, 0.5) is 28.9 Å². The first-order valence-corrected chi connectivity index (χ1v) is 21.4. The summed E-state index contributed by atoms with van der Waals surface area (Å²) < 4.78 is 112. The van der Waals surface area contributed by atoms with Gasteiger partial charge in [-0.15, -0.1) is 20.4 Å². The average molecular weight is 842 g/mol. The lowest BCUT2D eigenvalue weighted by Crippen LogP contribution is -2.29. The third kappa shape index (κ3) is 9.32. The molecule has 58 heavy (non-hydrogen) atoms. The van der Waals surface area contributed by atoms with Gasteiger partial charge in [0, 0.05) is 25.5 Å². The van der Waals surface area contributed by atoms with Crippen LogP contribution >= 0.6 is 0 Å². The van der Waals surface area contributed by atoms with Crippen molar-refractivity contribution in [2.75, 3.05) is 21.1 Å². The monoisotopic (exact) mass is 841 g/mol. The SMILES string of the molecule is CS(=O)(=O)N(Cc1ccc(-c2nnc(C(F)F)o2)cn1)c1ccc2c(c1)CCC2.CS(=O)(=O)N(Cc1ccc(-c2nnc(C(F)F)o2)cn1)c1ccc2c(c1)CNC2. The van der Waals surface area contributed by atoms with E-state index in [0.29, 0.717) is 40.4 Å². The molecular formula is C37H35F4N9O6S2. The Balaban J connectivity index is 0.000000177. The molecule has 21 heteroatoms. The molecule has 5 heterocycles. The first-order chi connectivity index (χ1) is 27.6. The van der Waals surface area contributed by atoms with E-state index in [1.54, 1.807) is 30.3 Å². The van der Waals surface area contributed by atoms with Crippen LogP contribution in [-0.4, -0.2) is 59.7 Å². The number of rotatable bonds is 12. The lowest BCUT2D eigenvalue weighted by atomic mass is 10.1. The van der Waals surface area contributed by atoms with Gasteiger partial charge in [0.2, 0.25) is 31.8 Å². The standard InChI is InChI=1S/C19H18F2N4O3S.C18H17F2N5O3S/c1-29(26,27)25(16-8-6-12-3-2-4-13(12)9-16)11-15-7-5-14(10-22-15)18-23-24-19(28-18)17(20)21;1-29(26,27)25(15-5-3-11-7-21-8-13(11)6-15)10-14-4-2-12(9-22-14)17-23-24-18(28-17)16(19)20/h5-10,17H,2-4,11H2,1H3;2-6,9,16,21H,7-8,10H2,1H3. The van der Waals surface area contributed by atoms with Crippen LogP contribution < -0.4 is 13.9 Å². The first kappa shape index (κ1) is 40.4. The maximum Gasteiger partial charge on any atom is 0.314 e. The molecule has 0 bridgehead atoms. The fourth-order valence-electron chi connectivity index (χ4n) is 6.41. The van der Waals surface area contributed by atoms with Crippen LogP contribution in [0.5, 0.6) is 0 Å². The van der Waals surface area contributed by atoms with Gasteiger partial charge < -0.3 is 14.2 Å². The Morgan fingerprint density at radius 2 is 1.09 bits per heavy atom. The smallest absolute Gasteiger partial charge is 0.314 e. The molecule has 0 radical (unpaired) electrons. The number of benzene rings is 2. The molecule has 0 atom stereocenters. The van der Waals surface area contributed by atoms with Crippen LogP contribution in [0.1, 0.15) is 64.7 Å². The van der Waals surface area contributed by atoms with Crippen LogP contribution in [0.25, 0.3) is 22.9 Å². The molecule has 2 aromatic carbocycles. The number of aryl methyl sites for hydroxylation is 2. The summed E-state index contributed by atoms with van der Waals surface area (Å²) >= 11 is 0. The second kappa shape index (κ2) is 16.6. The number of halogens is 4. The van der Waals surface area contributed by atoms with Crippen LogP contribution in [0.3, 0.4) is 0 Å². The van der Waals surface area contributed by atoms with Crippen molar-refractivity contribution in [2.24, 2.45) is 0 Å². The van der Waals surface area contributed by atoms with Crippen LogP contribution in [0, 0.1) is 0 Å². The van der Waals surface area contributed by atoms with Crippen molar-refractivity contribution >= 4 is 31.4 Å². The van der Waals surface area contributed by atoms with E-state index in [4.69, 9.17) is 8.83 Å². The van der Waals surface area contributed by atoms with E-state index in [2.05, 4.69) is 35.7 Å². The molecule has 2 aliphatic rings. The molecule has 0 saturated heterocycles. The van der Waals surface area contributed by atoms with Gasteiger partial charge in [-0.05, 0) is 90.0 Å². The van der Waals surface area contributed by atoms with Gasteiger partial charge in [-0.25, -0.2) is 16.8 Å². The topological polar surface area (TPSA) is 190 Å². The predicted molar refractivity (Wildman–Crippen MR) is 202 cm³/mol. The summed E-state index contributed by atoms with van der Waals surface area (Å²) in [5, 5.41) is 16.9. The van der Waals surface area contributed by atoms with E-state index >= 15 is 0 Å². The molecule has 8 rings (SSSR count). The van der Waals surface area contributed by atoms with E-state index < -0.39 is 44.7 Å². The molecule has 1 N–H and O–H groups in total. The van der Waals surface area contributed by atoms with Crippen molar-refractivity contribution in [3.63, 3.8) is 0 Å². The molecule has 0 fully saturated rings. The Bertz CT molecular complexity index is 2440. The Morgan fingerprint density at radius 3 is 1.53 bits per heavy atom. The lowest BCUT2D eigenvalue weighted by molar-refractivity contribution is 0.115. The molecule has 6 aromatic rings. The highest BCUT2D eigenvalue weighted by molar-refractivity contribution is 7.92. The van der Waals surface area contributed by atoms with Gasteiger partial charge in [0.1, 0.15) is 0 Å². The van der Waals surface area contributed by atoms with Crippen molar-refractivity contribution in [1.82, 2.24) is 35.7 Å². The third-order valence-electron chi connectivity index (χ3n) is 9.29. The van der Waals surface area contributed by atoms with Gasteiger partial charge in [0.15, 0.2) is 0 Å². The number of alkyl halides is 4. The summed E-state index contributed by atoms with van der Waals surface area (Å²) in [5.41, 5.74) is 7.49. The summed E-state index contributed by atoms with van der Waals surface area (Å²) in [4.78, 5) is 8.47. The van der Waals surface area contributed by atoms with E-state index in [9.17, 15) is 34.4 Å². The molecule has 4 aromatic heterocycles. The Labute approximate surface area is 330 Å². The van der Waals surface area contributed by atoms with Crippen molar-refractivity contribution < 1.29 is 43.2 Å². The molecule has 0 saturated carbocycles. The zero-order chi connectivity index (χ0) is 41.2. The summed E-state index contributed by atoms with van der Waals surface area (Å²) in [6, 6.07) is 17.6. The van der Waals surface area contributed by atoms with Crippen LogP contribution in [0.2, 0.25) is 0 Å². The fourth-order valence-corrected chi connectivity index (χ4v) is 8.14. The van der Waals surface area contributed by atoms with Crippen molar-refractivity contribution in [2.45, 2.75) is 58.3 Å². The molecular weight excluding hydrogens is 807 g/mol. The predicted octanol–water partition coefficient (Wildman–Crippen LogP) is 6.16. The molecule has 304 valence electrons. The number of sulfonamides is 2. The van der Waals surface area contributed by atoms with Crippen molar-refractivity contribution in [3.8, 4) is 22.9 Å². The summed E-state index contributed by atoms with van der Waals surface area (Å²) in [6.07, 6.45) is 2.39. The van der Waals surface area contributed by atoms with E-state index in [0.717, 1.165) is 49.4 Å². The first-order valence-electron chi connectivity index (χ1n) is 17.7. The average Bonchev–Trinajstić information content (AvgIpc) is 4.03. The Morgan fingerprint density at radius 1 is 0.621 bits per heavy atom. The third-order valence-corrected chi connectivity index (χ3v) is 11.6. The van der Waals surface area contributed by atoms with Gasteiger partial charge in [0.25, 0.3) is 11.8 Å². The number of aromatic nitrogens is 6. The molecule has 1 aliphatic heterocycles. The highest BCUT2D eigenvalue weighted by Gasteiger charge is 2.24. The van der Waals surface area contributed by atoms with Crippen LogP contribution in [0.15, 0.2) is 81.9 Å². The fraction of sp³-hybridized carbons (Fsp3) is 0.297. The van der Waals surface area contributed by atoms with Crippen molar-refractivity contribution in [1.29, 1.82) is 0 Å². The summed E-state index contributed by atoms with van der Waals surface area (Å²) in [7, 11) is -7.09. The molecule has 1 aliphatic carbocycles. The highest BCUT2D eigenvalue weighted by Crippen LogP contribution is 2.30. The highest BCUT2D eigenvalue weighted by atomic mass is 32.2. The minimum absolute atomic E-state index is 0.0252. The van der Waals surface area contributed by atoms with Gasteiger partial charge in [-0.2, -0.15) is 17.6 Å². The van der Waals surface area contributed by atoms with Gasteiger partial charge in [-0.1, -0.05) is 12.1 Å². The number of pyridine rings is 2. The maximum atomic E-state index is 12.6. The minimum atomic E-state index is -3.55. The zero-order valence-electron chi connectivity index (χ0n) is 30.9.